The Morgan fingerprint density at radius 2 is 1.85 bits per heavy atom. The molecule has 26 heavy (non-hydrogen) atoms. The number of halogens is 2. The number of amides is 1. The number of hydrogen-bond donors (Lipinski definition) is 1. The van der Waals surface area contributed by atoms with Gasteiger partial charge in [-0.1, -0.05) is 39.7 Å². The number of furan rings is 1. The number of hydrogen-bond acceptors (Lipinski definition) is 4. The third kappa shape index (κ3) is 5.21. The predicted octanol–water partition coefficient (Wildman–Crippen LogP) is 4.89. The van der Waals surface area contributed by atoms with E-state index < -0.39 is 0 Å². The maximum absolute atomic E-state index is 11.7. The van der Waals surface area contributed by atoms with Crippen LogP contribution in [0.15, 0.2) is 74.7 Å². The monoisotopic (exact) mass is 432 g/mol. The van der Waals surface area contributed by atoms with Gasteiger partial charge in [0, 0.05) is 15.1 Å². The standard InChI is InChI=1S/C19H14BrClN2O3/c20-14-3-1-13(2-4-14)18-10-9-17(26-18)11-22-23-19(24)12-25-16-7-5-15(21)6-8-16/h1-11H,12H2,(H,23,24)/b22-11-. The number of rotatable bonds is 6. The zero-order chi connectivity index (χ0) is 18.4. The molecule has 1 N–H and O–H groups in total. The van der Waals surface area contributed by atoms with E-state index in [0.717, 1.165) is 15.8 Å². The molecule has 0 aliphatic rings. The highest BCUT2D eigenvalue weighted by atomic mass is 79.9. The summed E-state index contributed by atoms with van der Waals surface area (Å²) in [6.07, 6.45) is 1.43. The normalized spacial score (nSPS) is 10.8. The van der Waals surface area contributed by atoms with Crippen LogP contribution in [0.3, 0.4) is 0 Å². The van der Waals surface area contributed by atoms with E-state index in [9.17, 15) is 4.79 Å². The third-order valence-corrected chi connectivity index (χ3v) is 4.10. The average Bonchev–Trinajstić information content (AvgIpc) is 3.11. The van der Waals surface area contributed by atoms with Crippen molar-refractivity contribution >= 4 is 39.7 Å². The Kier molecular flexibility index (Phi) is 6.09. The molecule has 0 aliphatic heterocycles. The van der Waals surface area contributed by atoms with Crippen molar-refractivity contribution in [2.24, 2.45) is 5.10 Å². The molecule has 0 spiro atoms. The summed E-state index contributed by atoms with van der Waals surface area (Å²) in [6.45, 7) is -0.152. The molecule has 1 aromatic heterocycles. The summed E-state index contributed by atoms with van der Waals surface area (Å²) >= 11 is 9.18. The first-order chi connectivity index (χ1) is 12.6. The SMILES string of the molecule is O=C(COc1ccc(Cl)cc1)N/N=C\c1ccc(-c2ccc(Br)cc2)o1. The first-order valence-corrected chi connectivity index (χ1v) is 8.83. The van der Waals surface area contributed by atoms with Gasteiger partial charge in [-0.25, -0.2) is 5.43 Å². The number of carbonyl (C=O) groups excluding carboxylic acids is 1. The summed E-state index contributed by atoms with van der Waals surface area (Å²) in [5.74, 6) is 1.42. The lowest BCUT2D eigenvalue weighted by molar-refractivity contribution is -0.123. The lowest BCUT2D eigenvalue weighted by Gasteiger charge is -2.04. The van der Waals surface area contributed by atoms with Gasteiger partial charge in [-0.2, -0.15) is 5.10 Å². The van der Waals surface area contributed by atoms with Gasteiger partial charge in [0.1, 0.15) is 17.3 Å². The highest BCUT2D eigenvalue weighted by molar-refractivity contribution is 9.10. The van der Waals surface area contributed by atoms with Crippen LogP contribution in [0.4, 0.5) is 0 Å². The van der Waals surface area contributed by atoms with E-state index in [1.165, 1.54) is 6.21 Å². The molecule has 5 nitrogen and oxygen atoms in total. The Bertz CT molecular complexity index is 905. The Labute approximate surface area is 163 Å². The van der Waals surface area contributed by atoms with Gasteiger partial charge in [0.25, 0.3) is 5.91 Å². The summed E-state index contributed by atoms with van der Waals surface area (Å²) < 4.78 is 12.0. The number of benzene rings is 2. The fraction of sp³-hybridized carbons (Fsp3) is 0.0526. The van der Waals surface area contributed by atoms with Crippen LogP contribution in [0, 0.1) is 0 Å². The maximum Gasteiger partial charge on any atom is 0.277 e. The second-order valence-corrected chi connectivity index (χ2v) is 6.60. The van der Waals surface area contributed by atoms with Crippen LogP contribution in [0.2, 0.25) is 5.02 Å². The van der Waals surface area contributed by atoms with Crippen molar-refractivity contribution in [3.05, 3.63) is 75.9 Å². The van der Waals surface area contributed by atoms with Crippen molar-refractivity contribution in [1.82, 2.24) is 5.43 Å². The summed E-state index contributed by atoms with van der Waals surface area (Å²) in [5, 5.41) is 4.47. The minimum absolute atomic E-state index is 0.152. The van der Waals surface area contributed by atoms with E-state index in [1.54, 1.807) is 30.3 Å². The van der Waals surface area contributed by atoms with Crippen molar-refractivity contribution in [2.75, 3.05) is 6.61 Å². The molecule has 132 valence electrons. The molecule has 3 aromatic rings. The Morgan fingerprint density at radius 3 is 2.58 bits per heavy atom. The maximum atomic E-state index is 11.7. The average molecular weight is 434 g/mol. The second-order valence-electron chi connectivity index (χ2n) is 5.24. The highest BCUT2D eigenvalue weighted by Crippen LogP contribution is 2.23. The van der Waals surface area contributed by atoms with E-state index >= 15 is 0 Å². The Morgan fingerprint density at radius 1 is 1.12 bits per heavy atom. The van der Waals surface area contributed by atoms with Gasteiger partial charge in [0.15, 0.2) is 6.61 Å². The quantitative estimate of drug-likeness (QED) is 0.444. The number of carbonyl (C=O) groups is 1. The van der Waals surface area contributed by atoms with E-state index in [4.69, 9.17) is 20.8 Å². The topological polar surface area (TPSA) is 63.8 Å². The van der Waals surface area contributed by atoms with Crippen LogP contribution >= 0.6 is 27.5 Å². The lowest BCUT2D eigenvalue weighted by Crippen LogP contribution is -2.24. The molecule has 0 fully saturated rings. The molecule has 0 aliphatic carbocycles. The summed E-state index contributed by atoms with van der Waals surface area (Å²) in [4.78, 5) is 11.7. The largest absolute Gasteiger partial charge is 0.484 e. The van der Waals surface area contributed by atoms with Gasteiger partial charge in [-0.15, -0.1) is 0 Å². The van der Waals surface area contributed by atoms with Crippen LogP contribution in [0.5, 0.6) is 5.75 Å². The van der Waals surface area contributed by atoms with E-state index in [2.05, 4.69) is 26.5 Å². The molecule has 0 saturated heterocycles. The fourth-order valence-corrected chi connectivity index (χ4v) is 2.46. The molecule has 0 bridgehead atoms. The third-order valence-electron chi connectivity index (χ3n) is 3.32. The highest BCUT2D eigenvalue weighted by Gasteiger charge is 2.04. The van der Waals surface area contributed by atoms with Crippen LogP contribution in [-0.4, -0.2) is 18.7 Å². The smallest absolute Gasteiger partial charge is 0.277 e. The predicted molar refractivity (Wildman–Crippen MR) is 105 cm³/mol. The molecule has 3 rings (SSSR count). The van der Waals surface area contributed by atoms with E-state index in [1.807, 2.05) is 30.3 Å². The fourth-order valence-electron chi connectivity index (χ4n) is 2.07. The zero-order valence-electron chi connectivity index (χ0n) is 13.5. The number of ether oxygens (including phenoxy) is 1. The van der Waals surface area contributed by atoms with Gasteiger partial charge >= 0.3 is 0 Å². The summed E-state index contributed by atoms with van der Waals surface area (Å²) in [6, 6.07) is 18.1. The first-order valence-electron chi connectivity index (χ1n) is 7.66. The summed E-state index contributed by atoms with van der Waals surface area (Å²) in [5.41, 5.74) is 3.33. The summed E-state index contributed by atoms with van der Waals surface area (Å²) in [7, 11) is 0. The molecular formula is C19H14BrClN2O3. The van der Waals surface area contributed by atoms with Gasteiger partial charge in [0.05, 0.1) is 6.21 Å². The van der Waals surface area contributed by atoms with E-state index in [0.29, 0.717) is 16.5 Å². The number of nitrogens with zero attached hydrogens (tertiary/aromatic N) is 1. The lowest BCUT2D eigenvalue weighted by atomic mass is 10.2. The molecule has 0 radical (unpaired) electrons. The minimum Gasteiger partial charge on any atom is -0.484 e. The van der Waals surface area contributed by atoms with E-state index in [-0.39, 0.29) is 12.5 Å². The first kappa shape index (κ1) is 18.2. The minimum atomic E-state index is -0.379. The zero-order valence-corrected chi connectivity index (χ0v) is 15.8. The van der Waals surface area contributed by atoms with Gasteiger partial charge < -0.3 is 9.15 Å². The van der Waals surface area contributed by atoms with Crippen LogP contribution in [0.1, 0.15) is 5.76 Å². The molecular weight excluding hydrogens is 420 g/mol. The molecule has 1 heterocycles. The Hall–Kier alpha value is -2.57. The molecule has 0 unspecified atom stereocenters. The van der Waals surface area contributed by atoms with Crippen molar-refractivity contribution in [3.8, 4) is 17.1 Å². The number of hydrazone groups is 1. The van der Waals surface area contributed by atoms with Crippen molar-refractivity contribution in [3.63, 3.8) is 0 Å². The molecule has 0 atom stereocenters. The van der Waals surface area contributed by atoms with Crippen LogP contribution in [-0.2, 0) is 4.79 Å². The molecule has 1 amide bonds. The van der Waals surface area contributed by atoms with Crippen LogP contribution in [0.25, 0.3) is 11.3 Å². The van der Waals surface area contributed by atoms with Gasteiger partial charge in [-0.3, -0.25) is 4.79 Å². The molecule has 7 heteroatoms. The Balaban J connectivity index is 1.49. The van der Waals surface area contributed by atoms with Gasteiger partial charge in [-0.05, 0) is 48.5 Å². The van der Waals surface area contributed by atoms with Crippen molar-refractivity contribution in [1.29, 1.82) is 0 Å². The number of nitrogens with one attached hydrogen (secondary N) is 1. The van der Waals surface area contributed by atoms with Crippen molar-refractivity contribution < 1.29 is 13.9 Å². The molecule has 2 aromatic carbocycles. The van der Waals surface area contributed by atoms with Crippen LogP contribution < -0.4 is 10.2 Å². The molecule has 0 saturated carbocycles. The van der Waals surface area contributed by atoms with Crippen molar-refractivity contribution in [2.45, 2.75) is 0 Å². The van der Waals surface area contributed by atoms with Gasteiger partial charge in [0.2, 0.25) is 0 Å². The second kappa shape index (κ2) is 8.69.